The molecule has 47 heavy (non-hydrogen) atoms. The van der Waals surface area contributed by atoms with Gasteiger partial charge in [0.25, 0.3) is 0 Å². The van der Waals surface area contributed by atoms with E-state index >= 15 is 0 Å². The highest BCUT2D eigenvalue weighted by atomic mass is 15.3. The van der Waals surface area contributed by atoms with Crippen LogP contribution in [0.15, 0.2) is 128 Å². The summed E-state index contributed by atoms with van der Waals surface area (Å²) in [6.07, 6.45) is 4.24. The van der Waals surface area contributed by atoms with Gasteiger partial charge in [0.05, 0.1) is 11.4 Å². The van der Waals surface area contributed by atoms with Crippen molar-refractivity contribution in [3.63, 3.8) is 0 Å². The Morgan fingerprint density at radius 3 is 1.23 bits per heavy atom. The minimum atomic E-state index is 1.11. The lowest BCUT2D eigenvalue weighted by molar-refractivity contribution is 0.913. The molecular formula is C43H48N4. The van der Waals surface area contributed by atoms with Crippen molar-refractivity contribution in [1.29, 1.82) is 0 Å². The number of fused-ring (bicyclic) bond motifs is 2. The second kappa shape index (κ2) is 14.5. The van der Waals surface area contributed by atoms with Crippen LogP contribution in [0.5, 0.6) is 0 Å². The molecule has 240 valence electrons. The molecule has 0 aliphatic carbocycles. The van der Waals surface area contributed by atoms with Crippen molar-refractivity contribution >= 4 is 55.9 Å². The van der Waals surface area contributed by atoms with Crippen LogP contribution in [0.2, 0.25) is 0 Å². The predicted octanol–water partition coefficient (Wildman–Crippen LogP) is 12.6. The fourth-order valence-electron chi connectivity index (χ4n) is 6.32. The molecule has 0 saturated carbocycles. The van der Waals surface area contributed by atoms with Crippen molar-refractivity contribution in [2.75, 3.05) is 9.80 Å². The van der Waals surface area contributed by atoms with E-state index in [9.17, 15) is 0 Å². The molecule has 2 heterocycles. The minimum absolute atomic E-state index is 1.11. The van der Waals surface area contributed by atoms with Crippen LogP contribution in [-0.2, 0) is 14.1 Å². The Kier molecular flexibility index (Phi) is 10.2. The molecule has 0 saturated heterocycles. The van der Waals surface area contributed by atoms with Crippen LogP contribution < -0.4 is 9.80 Å². The topological polar surface area (TPSA) is 16.3 Å². The first-order chi connectivity index (χ1) is 22.9. The molecular weight excluding hydrogens is 573 g/mol. The van der Waals surface area contributed by atoms with Crippen molar-refractivity contribution in [3.8, 4) is 0 Å². The fraction of sp³-hybridized carbons (Fsp3) is 0.209. The SMILES string of the molecule is CC.CC.Cc1ccc2c(N(c3ccccc3)c3cccn3C)c3cc(C)c(C)cc3c(N(c3ccccc3)c3cccn3C)c2c1. The molecule has 7 rings (SSSR count). The summed E-state index contributed by atoms with van der Waals surface area (Å²) < 4.78 is 4.41. The van der Waals surface area contributed by atoms with Gasteiger partial charge in [-0.3, -0.25) is 9.80 Å². The second-order valence-corrected chi connectivity index (χ2v) is 11.5. The largest absolute Gasteiger partial charge is 0.337 e. The van der Waals surface area contributed by atoms with Crippen molar-refractivity contribution in [3.05, 3.63) is 144 Å². The first-order valence-electron chi connectivity index (χ1n) is 16.8. The predicted molar refractivity (Wildman–Crippen MR) is 206 cm³/mol. The van der Waals surface area contributed by atoms with Gasteiger partial charge in [0.15, 0.2) is 0 Å². The molecule has 0 aliphatic heterocycles. The van der Waals surface area contributed by atoms with Gasteiger partial charge in [-0.15, -0.1) is 0 Å². The van der Waals surface area contributed by atoms with Gasteiger partial charge in [-0.25, -0.2) is 0 Å². The maximum Gasteiger partial charge on any atom is 0.117 e. The van der Waals surface area contributed by atoms with Gasteiger partial charge >= 0.3 is 0 Å². The zero-order valence-electron chi connectivity index (χ0n) is 29.4. The van der Waals surface area contributed by atoms with Crippen LogP contribution in [0, 0.1) is 20.8 Å². The number of aromatic nitrogens is 2. The van der Waals surface area contributed by atoms with Gasteiger partial charge in [-0.2, -0.15) is 0 Å². The van der Waals surface area contributed by atoms with Gasteiger partial charge < -0.3 is 9.13 Å². The lowest BCUT2D eigenvalue weighted by Gasteiger charge is -2.33. The molecule has 0 N–H and O–H groups in total. The number of benzene rings is 5. The van der Waals surface area contributed by atoms with Crippen molar-refractivity contribution in [1.82, 2.24) is 9.13 Å². The van der Waals surface area contributed by atoms with E-state index in [1.807, 2.05) is 27.7 Å². The number of para-hydroxylation sites is 2. The Morgan fingerprint density at radius 2 is 0.830 bits per heavy atom. The third-order valence-electron chi connectivity index (χ3n) is 8.60. The Labute approximate surface area is 281 Å². The van der Waals surface area contributed by atoms with Gasteiger partial charge in [-0.1, -0.05) is 81.8 Å². The third-order valence-corrected chi connectivity index (χ3v) is 8.60. The van der Waals surface area contributed by atoms with Crippen LogP contribution in [-0.4, -0.2) is 9.13 Å². The first-order valence-corrected chi connectivity index (χ1v) is 16.8. The summed E-state index contributed by atoms with van der Waals surface area (Å²) in [5, 5.41) is 4.86. The molecule has 7 aromatic rings. The number of nitrogens with zero attached hydrogens (tertiary/aromatic N) is 4. The standard InChI is InChI=1S/C39H36N4.2C2H6/c1-27-20-21-32-33(24-27)39(43(31-16-10-7-11-17-31)37-19-13-23-41(37)5)35-26-29(3)28(2)25-34(35)38(32)42(30-14-8-6-9-15-30)36-18-12-22-40(36)4;2*1-2/h6-26H,1-5H3;2*1-2H3. The average Bonchev–Trinajstić information content (AvgIpc) is 3.73. The van der Waals surface area contributed by atoms with Crippen LogP contribution in [0.25, 0.3) is 21.5 Å². The molecule has 0 bridgehead atoms. The molecule has 4 heteroatoms. The van der Waals surface area contributed by atoms with E-state index in [0.717, 1.165) is 23.0 Å². The summed E-state index contributed by atoms with van der Waals surface area (Å²) in [5.74, 6) is 2.23. The normalized spacial score (nSPS) is 10.7. The molecule has 5 aromatic carbocycles. The fourth-order valence-corrected chi connectivity index (χ4v) is 6.32. The Morgan fingerprint density at radius 1 is 0.426 bits per heavy atom. The number of hydrogen-bond donors (Lipinski definition) is 0. The highest BCUT2D eigenvalue weighted by Crippen LogP contribution is 2.51. The quantitative estimate of drug-likeness (QED) is 0.136. The number of hydrogen-bond acceptors (Lipinski definition) is 2. The lowest BCUT2D eigenvalue weighted by Crippen LogP contribution is -2.17. The van der Waals surface area contributed by atoms with E-state index in [1.54, 1.807) is 0 Å². The maximum atomic E-state index is 2.43. The number of anilines is 6. The van der Waals surface area contributed by atoms with E-state index < -0.39 is 0 Å². The summed E-state index contributed by atoms with van der Waals surface area (Å²) >= 11 is 0. The number of aryl methyl sites for hydroxylation is 5. The molecule has 0 amide bonds. The second-order valence-electron chi connectivity index (χ2n) is 11.5. The Balaban J connectivity index is 0.00000105. The van der Waals surface area contributed by atoms with Crippen LogP contribution >= 0.6 is 0 Å². The van der Waals surface area contributed by atoms with E-state index in [0.29, 0.717) is 0 Å². The summed E-state index contributed by atoms with van der Waals surface area (Å²) in [7, 11) is 4.24. The number of rotatable bonds is 6. The molecule has 0 atom stereocenters. The molecule has 4 nitrogen and oxygen atoms in total. The Hall–Kier alpha value is -5.22. The van der Waals surface area contributed by atoms with Gasteiger partial charge in [0.2, 0.25) is 0 Å². The minimum Gasteiger partial charge on any atom is -0.337 e. The van der Waals surface area contributed by atoms with E-state index in [2.05, 4.69) is 181 Å². The molecule has 0 spiro atoms. The van der Waals surface area contributed by atoms with Crippen LogP contribution in [0.1, 0.15) is 44.4 Å². The summed E-state index contributed by atoms with van der Waals surface area (Å²) in [6, 6.07) is 41.8. The lowest BCUT2D eigenvalue weighted by atomic mass is 9.92. The zero-order valence-corrected chi connectivity index (χ0v) is 29.4. The monoisotopic (exact) mass is 620 g/mol. The van der Waals surface area contributed by atoms with Crippen LogP contribution in [0.4, 0.5) is 34.4 Å². The molecule has 2 aromatic heterocycles. The van der Waals surface area contributed by atoms with Gasteiger partial charge in [0.1, 0.15) is 11.6 Å². The first kappa shape index (κ1) is 33.2. The summed E-state index contributed by atoms with van der Waals surface area (Å²) in [6.45, 7) is 14.6. The van der Waals surface area contributed by atoms with Gasteiger partial charge in [0, 0.05) is 59.4 Å². The van der Waals surface area contributed by atoms with Crippen molar-refractivity contribution in [2.24, 2.45) is 14.1 Å². The maximum absolute atomic E-state index is 2.43. The van der Waals surface area contributed by atoms with E-state index in [-0.39, 0.29) is 0 Å². The summed E-state index contributed by atoms with van der Waals surface area (Å²) in [5.41, 5.74) is 8.40. The highest BCUT2D eigenvalue weighted by molar-refractivity contribution is 6.23. The average molecular weight is 621 g/mol. The van der Waals surface area contributed by atoms with E-state index in [4.69, 9.17) is 0 Å². The molecule has 0 unspecified atom stereocenters. The molecule has 0 radical (unpaired) electrons. The molecule has 0 fully saturated rings. The smallest absolute Gasteiger partial charge is 0.117 e. The highest BCUT2D eigenvalue weighted by Gasteiger charge is 2.27. The molecule has 0 aliphatic rings. The van der Waals surface area contributed by atoms with E-state index in [1.165, 1.54) is 49.6 Å². The van der Waals surface area contributed by atoms with Crippen molar-refractivity contribution < 1.29 is 0 Å². The third kappa shape index (κ3) is 6.16. The van der Waals surface area contributed by atoms with Crippen LogP contribution in [0.3, 0.4) is 0 Å². The van der Waals surface area contributed by atoms with Crippen molar-refractivity contribution in [2.45, 2.75) is 48.5 Å². The zero-order chi connectivity index (χ0) is 33.7. The summed E-state index contributed by atoms with van der Waals surface area (Å²) in [4.78, 5) is 4.85. The Bertz CT molecular complexity index is 2080. The van der Waals surface area contributed by atoms with Gasteiger partial charge in [-0.05, 0) is 98.6 Å².